The van der Waals surface area contributed by atoms with Crippen molar-refractivity contribution in [3.8, 4) is 0 Å². The zero-order chi connectivity index (χ0) is 9.59. The highest BCUT2D eigenvalue weighted by Gasteiger charge is 2.28. The lowest BCUT2D eigenvalue weighted by Gasteiger charge is -2.09. The van der Waals surface area contributed by atoms with Gasteiger partial charge in [-0.15, -0.1) is 0 Å². The number of aromatic nitrogens is 2. The van der Waals surface area contributed by atoms with Crippen molar-refractivity contribution in [2.24, 2.45) is 7.05 Å². The maximum absolute atomic E-state index is 10.8. The van der Waals surface area contributed by atoms with E-state index in [1.165, 1.54) is 0 Å². The summed E-state index contributed by atoms with van der Waals surface area (Å²) in [5, 5.41) is 12.8. The molecule has 0 aliphatic carbocycles. The third kappa shape index (κ3) is 0.998. The third-order valence-electron chi connectivity index (χ3n) is 2.41. The van der Waals surface area contributed by atoms with Gasteiger partial charge in [0.2, 0.25) is 0 Å². The van der Waals surface area contributed by atoms with Gasteiger partial charge in [-0.3, -0.25) is 4.68 Å². The topological polar surface area (TPSA) is 58.4 Å². The Morgan fingerprint density at radius 2 is 2.23 bits per heavy atom. The standard InChI is InChI=1S/C8H11N3O2/c1-10-4-3-5-7(10)6(8(12)13)9-11(5)2/h3-4H2,1-2H3,(H,12,13). The van der Waals surface area contributed by atoms with Crippen molar-refractivity contribution in [1.82, 2.24) is 9.78 Å². The number of carboxylic acids is 1. The lowest BCUT2D eigenvalue weighted by molar-refractivity contribution is 0.0690. The quantitative estimate of drug-likeness (QED) is 0.668. The number of nitrogens with zero attached hydrogens (tertiary/aromatic N) is 3. The van der Waals surface area contributed by atoms with Crippen LogP contribution in [0, 0.1) is 0 Å². The van der Waals surface area contributed by atoms with Gasteiger partial charge in [0.25, 0.3) is 0 Å². The minimum absolute atomic E-state index is 0.164. The van der Waals surface area contributed by atoms with Gasteiger partial charge in [0.15, 0.2) is 5.69 Å². The molecule has 5 nitrogen and oxygen atoms in total. The van der Waals surface area contributed by atoms with Gasteiger partial charge >= 0.3 is 5.97 Å². The second kappa shape index (κ2) is 2.48. The van der Waals surface area contributed by atoms with Crippen molar-refractivity contribution in [2.45, 2.75) is 6.42 Å². The van der Waals surface area contributed by atoms with Crippen LogP contribution in [0.1, 0.15) is 16.2 Å². The maximum Gasteiger partial charge on any atom is 0.358 e. The van der Waals surface area contributed by atoms with Crippen LogP contribution in [0.4, 0.5) is 5.69 Å². The van der Waals surface area contributed by atoms with Gasteiger partial charge in [0, 0.05) is 27.1 Å². The molecular weight excluding hydrogens is 170 g/mol. The second-order valence-electron chi connectivity index (χ2n) is 3.24. The number of likely N-dealkylation sites (N-methyl/N-ethyl adjacent to an activating group) is 1. The summed E-state index contributed by atoms with van der Waals surface area (Å²) >= 11 is 0. The number of anilines is 1. The average Bonchev–Trinajstić information content (AvgIpc) is 2.55. The lowest BCUT2D eigenvalue weighted by Crippen LogP contribution is -2.16. The molecule has 0 fully saturated rings. The average molecular weight is 181 g/mol. The van der Waals surface area contributed by atoms with Crippen LogP contribution in [0.25, 0.3) is 0 Å². The predicted octanol–water partition coefficient (Wildman–Crippen LogP) is 0.111. The highest BCUT2D eigenvalue weighted by atomic mass is 16.4. The predicted molar refractivity (Wildman–Crippen MR) is 47.1 cm³/mol. The van der Waals surface area contributed by atoms with E-state index in [0.717, 1.165) is 24.3 Å². The molecular formula is C8H11N3O2. The molecule has 2 heterocycles. The van der Waals surface area contributed by atoms with E-state index in [-0.39, 0.29) is 5.69 Å². The van der Waals surface area contributed by atoms with Crippen LogP contribution in [0.5, 0.6) is 0 Å². The summed E-state index contributed by atoms with van der Waals surface area (Å²) in [5.41, 5.74) is 1.95. The Labute approximate surface area is 75.6 Å². The zero-order valence-electron chi connectivity index (χ0n) is 7.61. The SMILES string of the molecule is CN1CCc2c1c(C(=O)O)nn2C. The van der Waals surface area contributed by atoms with Gasteiger partial charge in [-0.05, 0) is 0 Å². The molecule has 0 unspecified atom stereocenters. The molecule has 1 aliphatic rings. The normalized spacial score (nSPS) is 14.8. The smallest absolute Gasteiger partial charge is 0.358 e. The highest BCUT2D eigenvalue weighted by molar-refractivity contribution is 5.93. The number of aryl methyl sites for hydroxylation is 1. The molecule has 13 heavy (non-hydrogen) atoms. The fraction of sp³-hybridized carbons (Fsp3) is 0.500. The van der Waals surface area contributed by atoms with Gasteiger partial charge in [0.1, 0.15) is 0 Å². The van der Waals surface area contributed by atoms with E-state index in [0.29, 0.717) is 0 Å². The van der Waals surface area contributed by atoms with Crippen LogP contribution in [-0.2, 0) is 13.5 Å². The summed E-state index contributed by atoms with van der Waals surface area (Å²) < 4.78 is 1.66. The summed E-state index contributed by atoms with van der Waals surface area (Å²) in [6.45, 7) is 0.876. The summed E-state index contributed by atoms with van der Waals surface area (Å²) in [5.74, 6) is -0.953. The molecule has 1 N–H and O–H groups in total. The monoisotopic (exact) mass is 181 g/mol. The number of carboxylic acid groups (broad SMARTS) is 1. The van der Waals surface area contributed by atoms with Crippen LogP contribution in [0.3, 0.4) is 0 Å². The first-order chi connectivity index (χ1) is 6.11. The Morgan fingerprint density at radius 1 is 1.54 bits per heavy atom. The number of rotatable bonds is 1. The van der Waals surface area contributed by atoms with Crippen LogP contribution in [-0.4, -0.2) is 34.4 Å². The van der Waals surface area contributed by atoms with Crippen LogP contribution >= 0.6 is 0 Å². The third-order valence-corrected chi connectivity index (χ3v) is 2.41. The summed E-state index contributed by atoms with van der Waals surface area (Å²) in [4.78, 5) is 12.8. The van der Waals surface area contributed by atoms with E-state index in [1.807, 2.05) is 11.9 Å². The Bertz CT molecular complexity index is 370. The van der Waals surface area contributed by atoms with Crippen LogP contribution in [0.2, 0.25) is 0 Å². The minimum Gasteiger partial charge on any atom is -0.476 e. The molecule has 0 bridgehead atoms. The van der Waals surface area contributed by atoms with Crippen molar-refractivity contribution < 1.29 is 9.90 Å². The van der Waals surface area contributed by atoms with Crippen molar-refractivity contribution in [3.05, 3.63) is 11.4 Å². The van der Waals surface area contributed by atoms with Crippen LogP contribution in [0.15, 0.2) is 0 Å². The van der Waals surface area contributed by atoms with Crippen molar-refractivity contribution in [1.29, 1.82) is 0 Å². The van der Waals surface area contributed by atoms with Crippen LogP contribution < -0.4 is 4.90 Å². The first kappa shape index (κ1) is 8.10. The molecule has 1 aromatic heterocycles. The molecule has 70 valence electrons. The molecule has 0 aromatic carbocycles. The number of hydrogen-bond acceptors (Lipinski definition) is 3. The molecule has 5 heteroatoms. The number of hydrogen-bond donors (Lipinski definition) is 1. The van der Waals surface area contributed by atoms with Crippen molar-refractivity contribution in [2.75, 3.05) is 18.5 Å². The van der Waals surface area contributed by atoms with E-state index < -0.39 is 5.97 Å². The van der Waals surface area contributed by atoms with Crippen molar-refractivity contribution >= 4 is 11.7 Å². The van der Waals surface area contributed by atoms with Gasteiger partial charge in [-0.25, -0.2) is 4.79 Å². The Morgan fingerprint density at radius 3 is 2.85 bits per heavy atom. The molecule has 2 rings (SSSR count). The molecule has 0 atom stereocenters. The maximum atomic E-state index is 10.8. The number of aromatic carboxylic acids is 1. The Hall–Kier alpha value is -1.52. The fourth-order valence-electron chi connectivity index (χ4n) is 1.76. The van der Waals surface area contributed by atoms with Gasteiger partial charge in [0.05, 0.1) is 11.4 Å². The lowest BCUT2D eigenvalue weighted by atomic mass is 10.3. The van der Waals surface area contributed by atoms with E-state index >= 15 is 0 Å². The molecule has 0 saturated carbocycles. The zero-order valence-corrected chi connectivity index (χ0v) is 7.61. The molecule has 1 aliphatic heterocycles. The largest absolute Gasteiger partial charge is 0.476 e. The summed E-state index contributed by atoms with van der Waals surface area (Å²) in [7, 11) is 3.67. The number of fused-ring (bicyclic) bond motifs is 1. The van der Waals surface area contributed by atoms with E-state index in [1.54, 1.807) is 11.7 Å². The minimum atomic E-state index is -0.953. The Kier molecular flexibility index (Phi) is 1.55. The highest BCUT2D eigenvalue weighted by Crippen LogP contribution is 2.29. The molecule has 1 aromatic rings. The molecule has 0 saturated heterocycles. The van der Waals surface area contributed by atoms with E-state index in [2.05, 4.69) is 5.10 Å². The van der Waals surface area contributed by atoms with E-state index in [9.17, 15) is 4.79 Å². The first-order valence-electron chi connectivity index (χ1n) is 4.11. The second-order valence-corrected chi connectivity index (χ2v) is 3.24. The molecule has 0 radical (unpaired) electrons. The van der Waals surface area contributed by atoms with Gasteiger partial charge in [-0.2, -0.15) is 5.10 Å². The van der Waals surface area contributed by atoms with E-state index in [4.69, 9.17) is 5.11 Å². The van der Waals surface area contributed by atoms with Crippen molar-refractivity contribution in [3.63, 3.8) is 0 Å². The van der Waals surface area contributed by atoms with Gasteiger partial charge < -0.3 is 10.0 Å². The number of carbonyl (C=O) groups is 1. The fourth-order valence-corrected chi connectivity index (χ4v) is 1.76. The molecule has 0 amide bonds. The summed E-state index contributed by atoms with van der Waals surface area (Å²) in [6, 6.07) is 0. The summed E-state index contributed by atoms with van der Waals surface area (Å²) in [6.07, 6.45) is 0.878. The first-order valence-corrected chi connectivity index (χ1v) is 4.11. The Balaban J connectivity index is 2.61. The van der Waals surface area contributed by atoms with Gasteiger partial charge in [-0.1, -0.05) is 0 Å². The molecule has 0 spiro atoms.